The summed E-state index contributed by atoms with van der Waals surface area (Å²) in [5.74, 6) is -0.167. The molecule has 1 rings (SSSR count). The number of nitrogens with one attached hydrogen (secondary N) is 1. The van der Waals surface area contributed by atoms with Crippen molar-refractivity contribution in [3.8, 4) is 0 Å². The monoisotopic (exact) mass is 238 g/mol. The van der Waals surface area contributed by atoms with Crippen LogP contribution >= 0.6 is 0 Å². The summed E-state index contributed by atoms with van der Waals surface area (Å²) < 4.78 is 13.1. The van der Waals surface area contributed by atoms with Crippen molar-refractivity contribution < 1.29 is 4.39 Å². The Morgan fingerprint density at radius 3 is 2.59 bits per heavy atom. The fourth-order valence-corrected chi connectivity index (χ4v) is 1.87. The zero-order valence-corrected chi connectivity index (χ0v) is 11.0. The molecule has 0 aliphatic carbocycles. The quantitative estimate of drug-likeness (QED) is 0.786. The van der Waals surface area contributed by atoms with E-state index in [4.69, 9.17) is 0 Å². The van der Waals surface area contributed by atoms with Crippen LogP contribution < -0.4 is 5.32 Å². The Kier molecular flexibility index (Phi) is 6.16. The molecule has 0 aromatic heterocycles. The van der Waals surface area contributed by atoms with E-state index in [1.807, 2.05) is 6.07 Å². The second-order valence-electron chi connectivity index (χ2n) is 4.26. The van der Waals surface area contributed by atoms with Crippen molar-refractivity contribution >= 4 is 0 Å². The largest absolute Gasteiger partial charge is 0.309 e. The predicted molar refractivity (Wildman–Crippen MR) is 70.6 cm³/mol. The molecule has 0 unspecified atom stereocenters. The summed E-state index contributed by atoms with van der Waals surface area (Å²) >= 11 is 0. The minimum Gasteiger partial charge on any atom is -0.309 e. The molecule has 1 atom stereocenters. The molecule has 0 spiro atoms. The van der Waals surface area contributed by atoms with Gasteiger partial charge in [-0.3, -0.25) is 0 Å². The molecule has 0 amide bonds. The van der Waals surface area contributed by atoms with Crippen LogP contribution in [0.2, 0.25) is 0 Å². The van der Waals surface area contributed by atoms with E-state index in [2.05, 4.69) is 31.0 Å². The third kappa shape index (κ3) is 4.84. The number of nitrogens with zero attached hydrogens (tertiary/aromatic N) is 1. The molecule has 17 heavy (non-hydrogen) atoms. The van der Waals surface area contributed by atoms with Gasteiger partial charge in [0.2, 0.25) is 0 Å². The van der Waals surface area contributed by atoms with Crippen LogP contribution in [-0.2, 0) is 0 Å². The lowest BCUT2D eigenvalue weighted by molar-refractivity contribution is 0.298. The van der Waals surface area contributed by atoms with E-state index in [1.165, 1.54) is 6.07 Å². The SMILES string of the molecule is CCN(CC)CCN[C@@H](C)c1cccc(F)c1. The van der Waals surface area contributed by atoms with Crippen molar-refractivity contribution in [1.29, 1.82) is 0 Å². The molecular weight excluding hydrogens is 215 g/mol. The van der Waals surface area contributed by atoms with Crippen LogP contribution in [0, 0.1) is 5.82 Å². The Morgan fingerprint density at radius 2 is 2.00 bits per heavy atom. The van der Waals surface area contributed by atoms with E-state index in [0.29, 0.717) is 0 Å². The zero-order chi connectivity index (χ0) is 12.7. The third-order valence-electron chi connectivity index (χ3n) is 3.12. The minimum absolute atomic E-state index is 0.167. The van der Waals surface area contributed by atoms with Gasteiger partial charge in [0, 0.05) is 19.1 Å². The van der Waals surface area contributed by atoms with E-state index in [0.717, 1.165) is 31.7 Å². The van der Waals surface area contributed by atoms with Gasteiger partial charge in [-0.15, -0.1) is 0 Å². The van der Waals surface area contributed by atoms with Gasteiger partial charge < -0.3 is 10.2 Å². The molecule has 0 heterocycles. The first-order valence-corrected chi connectivity index (χ1v) is 6.38. The van der Waals surface area contributed by atoms with Crippen LogP contribution in [0.25, 0.3) is 0 Å². The lowest BCUT2D eigenvalue weighted by Crippen LogP contribution is -2.33. The second-order valence-corrected chi connectivity index (χ2v) is 4.26. The molecule has 0 fully saturated rings. The van der Waals surface area contributed by atoms with Crippen molar-refractivity contribution in [3.63, 3.8) is 0 Å². The molecule has 96 valence electrons. The van der Waals surface area contributed by atoms with E-state index in [1.54, 1.807) is 12.1 Å². The molecule has 0 saturated heterocycles. The second kappa shape index (κ2) is 7.41. The van der Waals surface area contributed by atoms with Crippen LogP contribution in [0.5, 0.6) is 0 Å². The predicted octanol–water partition coefficient (Wildman–Crippen LogP) is 2.82. The van der Waals surface area contributed by atoms with Gasteiger partial charge in [-0.05, 0) is 37.7 Å². The van der Waals surface area contributed by atoms with E-state index in [-0.39, 0.29) is 11.9 Å². The van der Waals surface area contributed by atoms with Crippen LogP contribution in [0.1, 0.15) is 32.4 Å². The molecule has 1 N–H and O–H groups in total. The molecule has 0 bridgehead atoms. The smallest absolute Gasteiger partial charge is 0.123 e. The lowest BCUT2D eigenvalue weighted by atomic mass is 10.1. The van der Waals surface area contributed by atoms with Crippen molar-refractivity contribution in [1.82, 2.24) is 10.2 Å². The highest BCUT2D eigenvalue weighted by atomic mass is 19.1. The first-order valence-electron chi connectivity index (χ1n) is 6.38. The highest BCUT2D eigenvalue weighted by molar-refractivity contribution is 5.19. The number of rotatable bonds is 7. The normalized spacial score (nSPS) is 13.0. The average Bonchev–Trinajstić information content (AvgIpc) is 2.34. The summed E-state index contributed by atoms with van der Waals surface area (Å²) in [7, 11) is 0. The average molecular weight is 238 g/mol. The summed E-state index contributed by atoms with van der Waals surface area (Å²) in [5.41, 5.74) is 1.00. The molecule has 3 heteroatoms. The Bertz CT molecular complexity index is 324. The summed E-state index contributed by atoms with van der Waals surface area (Å²) in [6, 6.07) is 6.98. The van der Waals surface area contributed by atoms with Gasteiger partial charge in [-0.1, -0.05) is 26.0 Å². The third-order valence-corrected chi connectivity index (χ3v) is 3.12. The fourth-order valence-electron chi connectivity index (χ4n) is 1.87. The van der Waals surface area contributed by atoms with Gasteiger partial charge in [-0.25, -0.2) is 4.39 Å². The molecule has 2 nitrogen and oxygen atoms in total. The topological polar surface area (TPSA) is 15.3 Å². The maximum atomic E-state index is 13.1. The van der Waals surface area contributed by atoms with Crippen LogP contribution in [0.4, 0.5) is 4.39 Å². The molecule has 0 radical (unpaired) electrons. The fraction of sp³-hybridized carbons (Fsp3) is 0.571. The minimum atomic E-state index is -0.167. The maximum absolute atomic E-state index is 13.1. The Morgan fingerprint density at radius 1 is 1.29 bits per heavy atom. The first-order chi connectivity index (χ1) is 8.17. The Balaban J connectivity index is 2.37. The molecule has 1 aromatic carbocycles. The Labute approximate surface area is 104 Å². The first kappa shape index (κ1) is 14.1. The number of halogens is 1. The van der Waals surface area contributed by atoms with Crippen LogP contribution in [0.3, 0.4) is 0 Å². The van der Waals surface area contributed by atoms with Gasteiger partial charge in [0.1, 0.15) is 5.82 Å². The van der Waals surface area contributed by atoms with Gasteiger partial charge in [-0.2, -0.15) is 0 Å². The molecule has 0 aliphatic heterocycles. The number of hydrogen-bond acceptors (Lipinski definition) is 2. The summed E-state index contributed by atoms with van der Waals surface area (Å²) in [6.07, 6.45) is 0. The summed E-state index contributed by atoms with van der Waals surface area (Å²) in [4.78, 5) is 2.37. The Hall–Kier alpha value is -0.930. The van der Waals surface area contributed by atoms with Gasteiger partial charge in [0.05, 0.1) is 0 Å². The van der Waals surface area contributed by atoms with E-state index in [9.17, 15) is 4.39 Å². The van der Waals surface area contributed by atoms with E-state index >= 15 is 0 Å². The van der Waals surface area contributed by atoms with Crippen molar-refractivity contribution in [2.45, 2.75) is 26.8 Å². The lowest BCUT2D eigenvalue weighted by Gasteiger charge is -2.20. The number of benzene rings is 1. The van der Waals surface area contributed by atoms with Crippen molar-refractivity contribution in [2.75, 3.05) is 26.2 Å². The van der Waals surface area contributed by atoms with E-state index < -0.39 is 0 Å². The van der Waals surface area contributed by atoms with Gasteiger partial charge >= 0.3 is 0 Å². The summed E-state index contributed by atoms with van der Waals surface area (Å²) in [5, 5.41) is 3.42. The highest BCUT2D eigenvalue weighted by Gasteiger charge is 2.06. The maximum Gasteiger partial charge on any atom is 0.123 e. The number of hydrogen-bond donors (Lipinski definition) is 1. The van der Waals surface area contributed by atoms with Gasteiger partial charge in [0.15, 0.2) is 0 Å². The highest BCUT2D eigenvalue weighted by Crippen LogP contribution is 2.12. The summed E-state index contributed by atoms with van der Waals surface area (Å²) in [6.45, 7) is 10.5. The molecule has 1 aromatic rings. The van der Waals surface area contributed by atoms with Crippen molar-refractivity contribution in [3.05, 3.63) is 35.6 Å². The number of likely N-dealkylation sites (N-methyl/N-ethyl adjacent to an activating group) is 1. The van der Waals surface area contributed by atoms with Crippen molar-refractivity contribution in [2.24, 2.45) is 0 Å². The molecular formula is C14H23FN2. The molecule has 0 aliphatic rings. The van der Waals surface area contributed by atoms with Gasteiger partial charge in [0.25, 0.3) is 0 Å². The zero-order valence-electron chi connectivity index (χ0n) is 11.0. The molecule has 0 saturated carbocycles. The standard InChI is InChI=1S/C14H23FN2/c1-4-17(5-2)10-9-16-12(3)13-7-6-8-14(15)11-13/h6-8,11-12,16H,4-5,9-10H2,1-3H3/t12-/m0/s1. The van der Waals surface area contributed by atoms with Crippen LogP contribution in [0.15, 0.2) is 24.3 Å². The van der Waals surface area contributed by atoms with Crippen LogP contribution in [-0.4, -0.2) is 31.1 Å².